The Bertz CT molecular complexity index is 905. The minimum absolute atomic E-state index is 0.225. The summed E-state index contributed by atoms with van der Waals surface area (Å²) in [6, 6.07) is 11.5. The number of allylic oxidation sites excluding steroid dienone is 4. The number of methoxy groups -OCH3 is 2. The van der Waals surface area contributed by atoms with Gasteiger partial charge in [0.15, 0.2) is 11.6 Å². The first-order chi connectivity index (χ1) is 12.1. The number of hydrogen-bond donors (Lipinski definition) is 0. The van der Waals surface area contributed by atoms with Crippen molar-refractivity contribution in [2.24, 2.45) is 0 Å². The van der Waals surface area contributed by atoms with Crippen LogP contribution in [0.3, 0.4) is 0 Å². The van der Waals surface area contributed by atoms with E-state index in [4.69, 9.17) is 9.47 Å². The van der Waals surface area contributed by atoms with Crippen LogP contribution in [0.4, 0.5) is 0 Å². The second kappa shape index (κ2) is 6.77. The predicted molar refractivity (Wildman–Crippen MR) is 96.9 cm³/mol. The van der Waals surface area contributed by atoms with Gasteiger partial charge >= 0.3 is 0 Å². The Labute approximate surface area is 146 Å². The van der Waals surface area contributed by atoms with E-state index in [2.05, 4.69) is 0 Å². The van der Waals surface area contributed by atoms with Crippen molar-refractivity contribution in [1.82, 2.24) is 0 Å². The van der Waals surface area contributed by atoms with E-state index in [9.17, 15) is 9.59 Å². The quantitative estimate of drug-likeness (QED) is 0.799. The fourth-order valence-corrected chi connectivity index (χ4v) is 3.03. The molecular formula is C21H18O4. The average molecular weight is 334 g/mol. The summed E-state index contributed by atoms with van der Waals surface area (Å²) in [5.41, 5.74) is 3.54. The number of benzene rings is 2. The first kappa shape index (κ1) is 16.7. The van der Waals surface area contributed by atoms with Crippen molar-refractivity contribution in [3.05, 3.63) is 65.8 Å². The number of rotatable bonds is 4. The Kier molecular flexibility index (Phi) is 4.52. The molecule has 2 aromatic carbocycles. The van der Waals surface area contributed by atoms with Crippen molar-refractivity contribution in [3.8, 4) is 22.6 Å². The van der Waals surface area contributed by atoms with Crippen LogP contribution >= 0.6 is 0 Å². The van der Waals surface area contributed by atoms with Crippen molar-refractivity contribution in [2.75, 3.05) is 14.2 Å². The van der Waals surface area contributed by atoms with Crippen molar-refractivity contribution in [2.45, 2.75) is 6.92 Å². The second-order valence-electron chi connectivity index (χ2n) is 5.68. The molecule has 0 N–H and O–H groups in total. The Morgan fingerprint density at radius 3 is 2.28 bits per heavy atom. The summed E-state index contributed by atoms with van der Waals surface area (Å²) in [5.74, 6) is 0.720. The molecule has 0 unspecified atom stereocenters. The highest BCUT2D eigenvalue weighted by Crippen LogP contribution is 2.44. The van der Waals surface area contributed by atoms with E-state index in [1.54, 1.807) is 20.3 Å². The van der Waals surface area contributed by atoms with E-state index in [0.29, 0.717) is 22.6 Å². The van der Waals surface area contributed by atoms with Gasteiger partial charge in [-0.05, 0) is 36.8 Å². The number of carbonyl (C=O) groups excluding carboxylic acids is 2. The van der Waals surface area contributed by atoms with Crippen LogP contribution in [0.5, 0.6) is 11.5 Å². The van der Waals surface area contributed by atoms with Crippen LogP contribution in [-0.2, 0) is 9.59 Å². The molecule has 0 saturated carbocycles. The lowest BCUT2D eigenvalue weighted by molar-refractivity contribution is -0.113. The highest BCUT2D eigenvalue weighted by molar-refractivity contribution is 6.34. The Morgan fingerprint density at radius 1 is 0.920 bits per heavy atom. The highest BCUT2D eigenvalue weighted by atomic mass is 16.5. The van der Waals surface area contributed by atoms with Crippen LogP contribution < -0.4 is 9.47 Å². The molecule has 0 atom stereocenters. The highest BCUT2D eigenvalue weighted by Gasteiger charge is 2.24. The van der Waals surface area contributed by atoms with Crippen LogP contribution in [0, 0.1) is 6.92 Å². The molecule has 0 amide bonds. The van der Waals surface area contributed by atoms with E-state index in [-0.39, 0.29) is 11.6 Å². The van der Waals surface area contributed by atoms with Gasteiger partial charge in [0.1, 0.15) is 11.5 Å². The number of ketones is 2. The summed E-state index contributed by atoms with van der Waals surface area (Å²) in [7, 11) is 3.14. The van der Waals surface area contributed by atoms with Gasteiger partial charge in [0.25, 0.3) is 0 Å². The molecule has 1 aliphatic carbocycles. The maximum Gasteiger partial charge on any atom is 0.186 e. The number of carbonyl (C=O) groups is 2. The Balaban J connectivity index is 2.34. The SMILES string of the molecule is COc1cc(C2=CC(=O)C=CC2=O)c(OC)c(-c2ccccc2)c1C. The molecule has 126 valence electrons. The topological polar surface area (TPSA) is 52.6 Å². The lowest BCUT2D eigenvalue weighted by Crippen LogP contribution is -2.09. The first-order valence-corrected chi connectivity index (χ1v) is 7.86. The van der Waals surface area contributed by atoms with Gasteiger partial charge in [0, 0.05) is 22.3 Å². The van der Waals surface area contributed by atoms with Gasteiger partial charge in [-0.1, -0.05) is 30.3 Å². The van der Waals surface area contributed by atoms with Crippen LogP contribution in [0.25, 0.3) is 16.7 Å². The molecule has 0 aliphatic heterocycles. The summed E-state index contributed by atoms with van der Waals surface area (Å²) < 4.78 is 11.2. The minimum Gasteiger partial charge on any atom is -0.496 e. The van der Waals surface area contributed by atoms with E-state index in [1.807, 2.05) is 37.3 Å². The first-order valence-electron chi connectivity index (χ1n) is 7.86. The van der Waals surface area contributed by atoms with Gasteiger partial charge in [-0.15, -0.1) is 0 Å². The van der Waals surface area contributed by atoms with E-state index >= 15 is 0 Å². The van der Waals surface area contributed by atoms with Crippen LogP contribution in [0.15, 0.2) is 54.6 Å². The summed E-state index contributed by atoms with van der Waals surface area (Å²) in [6.07, 6.45) is 3.89. The zero-order valence-corrected chi connectivity index (χ0v) is 14.3. The zero-order chi connectivity index (χ0) is 18.0. The van der Waals surface area contributed by atoms with Crippen molar-refractivity contribution in [3.63, 3.8) is 0 Å². The van der Waals surface area contributed by atoms with Crippen LogP contribution in [0.2, 0.25) is 0 Å². The fourth-order valence-electron chi connectivity index (χ4n) is 3.03. The standard InChI is InChI=1S/C21H18O4/c1-13-19(24-2)12-17(16-11-15(22)9-10-18(16)23)21(25-3)20(13)14-7-5-4-6-8-14/h4-12H,1-3H3. The van der Waals surface area contributed by atoms with Crippen molar-refractivity contribution < 1.29 is 19.1 Å². The third kappa shape index (κ3) is 2.98. The van der Waals surface area contributed by atoms with Gasteiger partial charge in [0.2, 0.25) is 0 Å². The molecule has 2 aromatic rings. The molecule has 0 aromatic heterocycles. The summed E-state index contributed by atoms with van der Waals surface area (Å²) in [6.45, 7) is 1.94. The molecule has 1 aliphatic rings. The lowest BCUT2D eigenvalue weighted by Gasteiger charge is -2.20. The third-order valence-electron chi connectivity index (χ3n) is 4.22. The molecule has 0 fully saturated rings. The van der Waals surface area contributed by atoms with Crippen molar-refractivity contribution >= 4 is 17.1 Å². The molecule has 4 heteroatoms. The largest absolute Gasteiger partial charge is 0.496 e. The molecule has 0 saturated heterocycles. The number of ether oxygens (including phenoxy) is 2. The van der Waals surface area contributed by atoms with E-state index in [1.165, 1.54) is 18.2 Å². The number of hydrogen-bond acceptors (Lipinski definition) is 4. The Morgan fingerprint density at radius 2 is 1.64 bits per heavy atom. The van der Waals surface area contributed by atoms with E-state index in [0.717, 1.165) is 16.7 Å². The smallest absolute Gasteiger partial charge is 0.186 e. The fraction of sp³-hybridized carbons (Fsp3) is 0.143. The monoisotopic (exact) mass is 334 g/mol. The predicted octanol–water partition coefficient (Wildman–Crippen LogP) is 3.77. The average Bonchev–Trinajstić information content (AvgIpc) is 2.64. The summed E-state index contributed by atoms with van der Waals surface area (Å²) in [5, 5.41) is 0. The lowest BCUT2D eigenvalue weighted by atomic mass is 9.89. The normalized spacial score (nSPS) is 13.6. The second-order valence-corrected chi connectivity index (χ2v) is 5.68. The molecule has 0 spiro atoms. The zero-order valence-electron chi connectivity index (χ0n) is 14.3. The van der Waals surface area contributed by atoms with E-state index < -0.39 is 0 Å². The van der Waals surface area contributed by atoms with Gasteiger partial charge < -0.3 is 9.47 Å². The third-order valence-corrected chi connectivity index (χ3v) is 4.22. The van der Waals surface area contributed by atoms with Gasteiger partial charge in [-0.3, -0.25) is 9.59 Å². The summed E-state index contributed by atoms with van der Waals surface area (Å²) >= 11 is 0. The maximum absolute atomic E-state index is 12.3. The van der Waals surface area contributed by atoms with Gasteiger partial charge in [0.05, 0.1) is 14.2 Å². The van der Waals surface area contributed by atoms with Crippen LogP contribution in [0.1, 0.15) is 11.1 Å². The molecule has 0 radical (unpaired) electrons. The molecular weight excluding hydrogens is 316 g/mol. The molecule has 0 heterocycles. The van der Waals surface area contributed by atoms with Gasteiger partial charge in [-0.25, -0.2) is 0 Å². The maximum atomic E-state index is 12.3. The van der Waals surface area contributed by atoms with Crippen LogP contribution in [-0.4, -0.2) is 25.8 Å². The molecule has 25 heavy (non-hydrogen) atoms. The van der Waals surface area contributed by atoms with Crippen molar-refractivity contribution in [1.29, 1.82) is 0 Å². The summed E-state index contributed by atoms with van der Waals surface area (Å²) in [4.78, 5) is 24.1. The van der Waals surface area contributed by atoms with Gasteiger partial charge in [-0.2, -0.15) is 0 Å². The molecule has 3 rings (SSSR count). The Hall–Kier alpha value is -3.14. The molecule has 0 bridgehead atoms. The molecule has 4 nitrogen and oxygen atoms in total. The minimum atomic E-state index is -0.234.